The van der Waals surface area contributed by atoms with Crippen LogP contribution in [0.4, 0.5) is 0 Å². The van der Waals surface area contributed by atoms with Gasteiger partial charge in [0, 0.05) is 6.20 Å². The van der Waals surface area contributed by atoms with Gasteiger partial charge in [0.2, 0.25) is 0 Å². The van der Waals surface area contributed by atoms with Crippen LogP contribution in [0, 0.1) is 13.8 Å². The summed E-state index contributed by atoms with van der Waals surface area (Å²) in [4.78, 5) is 9.71. The van der Waals surface area contributed by atoms with Crippen LogP contribution in [0.25, 0.3) is 5.52 Å². The molecule has 2 heterocycles. The minimum atomic E-state index is -0.334. The number of imidazole rings is 1. The summed E-state index contributed by atoms with van der Waals surface area (Å²) in [5.41, 5.74) is 6.10. The lowest BCUT2D eigenvalue weighted by molar-refractivity contribution is 0.0218. The summed E-state index contributed by atoms with van der Waals surface area (Å²) in [6.45, 7) is 8.24. The van der Waals surface area contributed by atoms with Gasteiger partial charge >= 0.3 is 0 Å². The first kappa shape index (κ1) is 12.1. The number of aryl methyl sites for hydroxylation is 2. The molecule has 2 aromatic heterocycles. The van der Waals surface area contributed by atoms with E-state index in [9.17, 15) is 0 Å². The highest BCUT2D eigenvalue weighted by Crippen LogP contribution is 2.24. The quantitative estimate of drug-likeness (QED) is 0.827. The van der Waals surface area contributed by atoms with Crippen LogP contribution in [0.1, 0.15) is 30.9 Å². The lowest BCUT2D eigenvalue weighted by Crippen LogP contribution is -2.37. The number of pyridine rings is 1. The highest BCUT2D eigenvalue weighted by molar-refractivity contribution is 5.59. The predicted octanol–water partition coefficient (Wildman–Crippen LogP) is 2.34. The van der Waals surface area contributed by atoms with E-state index in [0.717, 1.165) is 11.5 Å². The van der Waals surface area contributed by atoms with E-state index >= 15 is 0 Å². The first-order chi connectivity index (χ1) is 7.97. The summed E-state index contributed by atoms with van der Waals surface area (Å²) in [6, 6.07) is 4.14. The minimum Gasteiger partial charge on any atom is -0.304 e. The van der Waals surface area contributed by atoms with Crippen molar-refractivity contribution in [1.29, 1.82) is 0 Å². The van der Waals surface area contributed by atoms with Crippen molar-refractivity contribution < 1.29 is 4.84 Å². The highest BCUT2D eigenvalue weighted by atomic mass is 16.6. The number of hydrogen-bond donors (Lipinski definition) is 1. The van der Waals surface area contributed by atoms with Crippen LogP contribution >= 0.6 is 0 Å². The van der Waals surface area contributed by atoms with E-state index in [0.29, 0.717) is 0 Å². The number of nitrogens with zero attached hydrogens (tertiary/aromatic N) is 2. The van der Waals surface area contributed by atoms with Gasteiger partial charge in [-0.1, -0.05) is 6.07 Å². The Bertz CT molecular complexity index is 543. The Morgan fingerprint density at radius 2 is 2.06 bits per heavy atom. The number of hydrogen-bond acceptors (Lipinski definition) is 3. The van der Waals surface area contributed by atoms with Gasteiger partial charge in [-0.2, -0.15) is 5.48 Å². The highest BCUT2D eigenvalue weighted by Gasteiger charge is 2.26. The predicted molar refractivity (Wildman–Crippen MR) is 67.8 cm³/mol. The Kier molecular flexibility index (Phi) is 2.93. The summed E-state index contributed by atoms with van der Waals surface area (Å²) in [6.07, 6.45) is 2.04. The summed E-state index contributed by atoms with van der Waals surface area (Å²) in [7, 11) is 1.62. The fourth-order valence-electron chi connectivity index (χ4n) is 2.26. The zero-order chi connectivity index (χ0) is 12.6. The molecule has 0 saturated carbocycles. The number of nitrogens with one attached hydrogen (secondary N) is 1. The van der Waals surface area contributed by atoms with E-state index in [2.05, 4.69) is 27.9 Å². The van der Waals surface area contributed by atoms with Crippen LogP contribution in [0.2, 0.25) is 0 Å². The molecule has 1 N–H and O–H groups in total. The Morgan fingerprint density at radius 3 is 2.71 bits per heavy atom. The van der Waals surface area contributed by atoms with Crippen LogP contribution in [0.15, 0.2) is 18.3 Å². The number of rotatable bonds is 3. The zero-order valence-electron chi connectivity index (χ0n) is 11.0. The largest absolute Gasteiger partial charge is 0.304 e. The van der Waals surface area contributed by atoms with Gasteiger partial charge in [-0.15, -0.1) is 0 Å². The summed E-state index contributed by atoms with van der Waals surface area (Å²) < 4.78 is 2.12. The topological polar surface area (TPSA) is 38.6 Å². The van der Waals surface area contributed by atoms with E-state index < -0.39 is 0 Å². The van der Waals surface area contributed by atoms with Crippen LogP contribution in [-0.2, 0) is 10.4 Å². The van der Waals surface area contributed by atoms with Crippen molar-refractivity contribution in [2.24, 2.45) is 0 Å². The normalized spacial score (nSPS) is 12.3. The lowest BCUT2D eigenvalue weighted by atomic mass is 10.1. The average Bonchev–Trinajstić information content (AvgIpc) is 2.58. The Balaban J connectivity index is 2.68. The monoisotopic (exact) mass is 233 g/mol. The van der Waals surface area contributed by atoms with Crippen molar-refractivity contribution in [2.75, 3.05) is 7.11 Å². The van der Waals surface area contributed by atoms with Gasteiger partial charge < -0.3 is 9.24 Å². The van der Waals surface area contributed by atoms with Gasteiger partial charge in [0.1, 0.15) is 5.82 Å². The van der Waals surface area contributed by atoms with E-state index in [1.165, 1.54) is 11.1 Å². The molecule has 0 bridgehead atoms. The third kappa shape index (κ3) is 1.94. The van der Waals surface area contributed by atoms with Crippen molar-refractivity contribution in [3.63, 3.8) is 0 Å². The van der Waals surface area contributed by atoms with Gasteiger partial charge in [-0.05, 0) is 39.3 Å². The molecule has 17 heavy (non-hydrogen) atoms. The molecule has 0 radical (unpaired) electrons. The summed E-state index contributed by atoms with van der Waals surface area (Å²) >= 11 is 0. The minimum absolute atomic E-state index is 0.334. The average molecular weight is 233 g/mol. The van der Waals surface area contributed by atoms with E-state index in [-0.39, 0.29) is 5.54 Å². The maximum absolute atomic E-state index is 5.05. The van der Waals surface area contributed by atoms with Crippen molar-refractivity contribution in [3.8, 4) is 0 Å². The van der Waals surface area contributed by atoms with Gasteiger partial charge in [0.15, 0.2) is 0 Å². The van der Waals surface area contributed by atoms with Gasteiger partial charge in [0.05, 0.1) is 23.9 Å². The first-order valence-electron chi connectivity index (χ1n) is 5.72. The van der Waals surface area contributed by atoms with E-state index in [1.54, 1.807) is 7.11 Å². The summed E-state index contributed by atoms with van der Waals surface area (Å²) in [5, 5.41) is 0. The Labute approximate surface area is 102 Å². The maximum Gasteiger partial charge on any atom is 0.135 e. The molecule has 0 fully saturated rings. The molecule has 0 aromatic carbocycles. The standard InChI is InChI=1S/C13H19N3O/c1-9-7-6-8-16-11(9)10(2)14-12(16)13(3,4)15-17-5/h6-8,15H,1-5H3. The van der Waals surface area contributed by atoms with Gasteiger partial charge in [0.25, 0.3) is 0 Å². The molecule has 2 aromatic rings. The third-order valence-electron chi connectivity index (χ3n) is 2.96. The first-order valence-corrected chi connectivity index (χ1v) is 5.72. The molecule has 0 unspecified atom stereocenters. The lowest BCUT2D eigenvalue weighted by Gasteiger charge is -2.23. The second kappa shape index (κ2) is 4.13. The van der Waals surface area contributed by atoms with Crippen LogP contribution in [0.3, 0.4) is 0 Å². The SMILES string of the molecule is CONC(C)(C)c1nc(C)c2c(C)cccn12. The molecule has 0 amide bonds. The fraction of sp³-hybridized carbons (Fsp3) is 0.462. The van der Waals surface area contributed by atoms with E-state index in [1.807, 2.05) is 33.0 Å². The smallest absolute Gasteiger partial charge is 0.135 e. The molecule has 0 aliphatic rings. The molecule has 4 heteroatoms. The number of hydroxylamine groups is 1. The maximum atomic E-state index is 5.05. The number of fused-ring (bicyclic) bond motifs is 1. The molecule has 0 atom stereocenters. The molecular weight excluding hydrogens is 214 g/mol. The van der Waals surface area contributed by atoms with E-state index in [4.69, 9.17) is 4.84 Å². The second-order valence-corrected chi connectivity index (χ2v) is 4.86. The van der Waals surface area contributed by atoms with Gasteiger partial charge in [-0.3, -0.25) is 0 Å². The molecule has 92 valence electrons. The molecular formula is C13H19N3O. The zero-order valence-corrected chi connectivity index (χ0v) is 11.0. The van der Waals surface area contributed by atoms with Crippen LogP contribution in [-0.4, -0.2) is 16.5 Å². The third-order valence-corrected chi connectivity index (χ3v) is 2.96. The fourth-order valence-corrected chi connectivity index (χ4v) is 2.26. The van der Waals surface area contributed by atoms with Crippen molar-refractivity contribution in [1.82, 2.24) is 14.9 Å². The second-order valence-electron chi connectivity index (χ2n) is 4.86. The summed E-state index contributed by atoms with van der Waals surface area (Å²) in [5.74, 6) is 0.954. The van der Waals surface area contributed by atoms with Crippen molar-refractivity contribution in [3.05, 3.63) is 35.4 Å². The van der Waals surface area contributed by atoms with Crippen molar-refractivity contribution >= 4 is 5.52 Å². The van der Waals surface area contributed by atoms with Crippen molar-refractivity contribution in [2.45, 2.75) is 33.2 Å². The molecule has 0 saturated heterocycles. The Hall–Kier alpha value is -1.39. The molecule has 0 aliphatic heterocycles. The molecule has 2 rings (SSSR count). The molecule has 0 aliphatic carbocycles. The molecule has 0 spiro atoms. The van der Waals surface area contributed by atoms with Crippen LogP contribution < -0.4 is 5.48 Å². The Morgan fingerprint density at radius 1 is 1.35 bits per heavy atom. The number of aromatic nitrogens is 2. The molecule has 4 nitrogen and oxygen atoms in total. The van der Waals surface area contributed by atoms with Gasteiger partial charge in [-0.25, -0.2) is 4.98 Å². The van der Waals surface area contributed by atoms with Crippen LogP contribution in [0.5, 0.6) is 0 Å².